The van der Waals surface area contributed by atoms with E-state index >= 15 is 0 Å². The van der Waals surface area contributed by atoms with Crippen molar-refractivity contribution in [3.63, 3.8) is 0 Å². The van der Waals surface area contributed by atoms with Gasteiger partial charge in [-0.1, -0.05) is 32.9 Å². The fourth-order valence-electron chi connectivity index (χ4n) is 3.07. The molecule has 0 spiro atoms. The van der Waals surface area contributed by atoms with Crippen molar-refractivity contribution in [2.75, 3.05) is 6.61 Å². The van der Waals surface area contributed by atoms with Gasteiger partial charge in [0.15, 0.2) is 5.69 Å². The molecule has 1 aromatic carbocycles. The van der Waals surface area contributed by atoms with Crippen molar-refractivity contribution in [2.24, 2.45) is 5.41 Å². The zero-order chi connectivity index (χ0) is 26.0. The number of hydrogen-bond acceptors (Lipinski definition) is 7. The van der Waals surface area contributed by atoms with E-state index < -0.39 is 24.3 Å². The maximum absolute atomic E-state index is 12.8. The molecule has 1 unspecified atom stereocenters. The van der Waals surface area contributed by atoms with Gasteiger partial charge in [-0.2, -0.15) is 18.4 Å². The average Bonchev–Trinajstić information content (AvgIpc) is 3.21. The standard InChI is InChI=1S/C24H24F3N5O3/c1-14-8-17(16-6-7-20(29-12-16)24(25,26)27)10-18(9-14)21-19(11-28)30-32(31-21)15(2)35-22(33)34-13-23(3,4)5/h6-10,12,15H,13H2,1-5H3. The smallest absolute Gasteiger partial charge is 0.434 e. The molecule has 0 N–H and O–H groups in total. The van der Waals surface area contributed by atoms with E-state index in [0.29, 0.717) is 16.7 Å². The summed E-state index contributed by atoms with van der Waals surface area (Å²) < 4.78 is 48.8. The van der Waals surface area contributed by atoms with E-state index in [1.807, 2.05) is 26.8 Å². The summed E-state index contributed by atoms with van der Waals surface area (Å²) in [7, 11) is 0. The Bertz CT molecular complexity index is 1260. The summed E-state index contributed by atoms with van der Waals surface area (Å²) >= 11 is 0. The number of nitriles is 1. The van der Waals surface area contributed by atoms with Crippen LogP contribution in [-0.2, 0) is 15.7 Å². The summed E-state index contributed by atoms with van der Waals surface area (Å²) in [4.78, 5) is 16.6. The molecule has 0 aliphatic carbocycles. The van der Waals surface area contributed by atoms with E-state index in [-0.39, 0.29) is 23.4 Å². The van der Waals surface area contributed by atoms with Crippen molar-refractivity contribution in [3.8, 4) is 28.5 Å². The number of carbonyl (C=O) groups excluding carboxylic acids is 1. The summed E-state index contributed by atoms with van der Waals surface area (Å²) in [6.45, 7) is 9.20. The molecule has 35 heavy (non-hydrogen) atoms. The minimum Gasteiger partial charge on any atom is -0.434 e. The highest BCUT2D eigenvalue weighted by Crippen LogP contribution is 2.31. The molecule has 0 amide bonds. The monoisotopic (exact) mass is 487 g/mol. The highest BCUT2D eigenvalue weighted by Gasteiger charge is 2.32. The number of aromatic nitrogens is 4. The van der Waals surface area contributed by atoms with Crippen LogP contribution < -0.4 is 0 Å². The third kappa shape index (κ3) is 6.56. The van der Waals surface area contributed by atoms with Gasteiger partial charge in [-0.05, 0) is 48.6 Å². The second-order valence-electron chi connectivity index (χ2n) is 9.16. The summed E-state index contributed by atoms with van der Waals surface area (Å²) in [5, 5.41) is 18.0. The van der Waals surface area contributed by atoms with Crippen LogP contribution in [0.3, 0.4) is 0 Å². The van der Waals surface area contributed by atoms with Crippen LogP contribution in [0.2, 0.25) is 0 Å². The second-order valence-corrected chi connectivity index (χ2v) is 9.16. The Kier molecular flexibility index (Phi) is 7.14. The van der Waals surface area contributed by atoms with Gasteiger partial charge in [0.1, 0.15) is 17.5 Å². The normalized spacial score (nSPS) is 12.7. The van der Waals surface area contributed by atoms with Crippen LogP contribution in [0.5, 0.6) is 0 Å². The van der Waals surface area contributed by atoms with Gasteiger partial charge in [0, 0.05) is 17.3 Å². The number of carbonyl (C=O) groups is 1. The van der Waals surface area contributed by atoms with E-state index in [1.54, 1.807) is 25.1 Å². The number of halogens is 3. The first kappa shape index (κ1) is 25.7. The van der Waals surface area contributed by atoms with Crippen molar-refractivity contribution < 1.29 is 27.4 Å². The largest absolute Gasteiger partial charge is 0.510 e. The Labute approximate surface area is 200 Å². The Morgan fingerprint density at radius 1 is 1.11 bits per heavy atom. The van der Waals surface area contributed by atoms with Crippen LogP contribution in [0.25, 0.3) is 22.4 Å². The highest BCUT2D eigenvalue weighted by molar-refractivity contribution is 5.74. The van der Waals surface area contributed by atoms with E-state index in [9.17, 15) is 23.2 Å². The summed E-state index contributed by atoms with van der Waals surface area (Å²) in [6, 6.07) is 9.42. The molecule has 0 aliphatic heterocycles. The quantitative estimate of drug-likeness (QED) is 0.411. The Morgan fingerprint density at radius 3 is 2.37 bits per heavy atom. The van der Waals surface area contributed by atoms with E-state index in [4.69, 9.17) is 9.47 Å². The second kappa shape index (κ2) is 9.74. The van der Waals surface area contributed by atoms with E-state index in [0.717, 1.165) is 22.6 Å². The van der Waals surface area contributed by atoms with E-state index in [1.165, 1.54) is 13.0 Å². The van der Waals surface area contributed by atoms with Gasteiger partial charge in [-0.3, -0.25) is 4.98 Å². The van der Waals surface area contributed by atoms with Crippen LogP contribution in [0.15, 0.2) is 36.5 Å². The first-order valence-electron chi connectivity index (χ1n) is 10.6. The fourth-order valence-corrected chi connectivity index (χ4v) is 3.07. The van der Waals surface area contributed by atoms with Gasteiger partial charge in [-0.15, -0.1) is 15.0 Å². The van der Waals surface area contributed by atoms with Gasteiger partial charge in [0.2, 0.25) is 6.23 Å². The summed E-state index contributed by atoms with van der Waals surface area (Å²) in [5.41, 5.74) is 1.36. The molecule has 3 aromatic rings. The Morgan fingerprint density at radius 2 is 1.80 bits per heavy atom. The highest BCUT2D eigenvalue weighted by atomic mass is 19.4. The Balaban J connectivity index is 1.88. The zero-order valence-electron chi connectivity index (χ0n) is 19.8. The first-order chi connectivity index (χ1) is 16.3. The number of alkyl halides is 3. The molecule has 8 nitrogen and oxygen atoms in total. The average molecular weight is 487 g/mol. The number of benzene rings is 1. The molecule has 0 saturated carbocycles. The molecular formula is C24H24F3N5O3. The third-order valence-corrected chi connectivity index (χ3v) is 4.69. The van der Waals surface area contributed by atoms with Crippen molar-refractivity contribution in [1.29, 1.82) is 5.26 Å². The lowest BCUT2D eigenvalue weighted by Gasteiger charge is -2.18. The molecule has 2 aromatic heterocycles. The number of hydrogen-bond donors (Lipinski definition) is 0. The Hall–Kier alpha value is -3.94. The van der Waals surface area contributed by atoms with Gasteiger partial charge >= 0.3 is 12.3 Å². The number of pyridine rings is 1. The van der Waals surface area contributed by atoms with Crippen LogP contribution in [0.4, 0.5) is 18.0 Å². The lowest BCUT2D eigenvalue weighted by Crippen LogP contribution is -2.22. The number of aryl methyl sites for hydroxylation is 1. The number of nitrogens with zero attached hydrogens (tertiary/aromatic N) is 5. The molecule has 184 valence electrons. The van der Waals surface area contributed by atoms with Crippen molar-refractivity contribution >= 4 is 6.16 Å². The topological polar surface area (TPSA) is 103 Å². The molecule has 11 heteroatoms. The maximum atomic E-state index is 12.8. The summed E-state index contributed by atoms with van der Waals surface area (Å²) in [6.07, 6.45) is -5.24. The fraction of sp³-hybridized carbons (Fsp3) is 0.375. The first-order valence-corrected chi connectivity index (χ1v) is 10.6. The van der Waals surface area contributed by atoms with Crippen LogP contribution in [0.1, 0.15) is 50.9 Å². The van der Waals surface area contributed by atoms with Gasteiger partial charge in [0.05, 0.1) is 6.61 Å². The minimum absolute atomic E-state index is 0.00870. The van der Waals surface area contributed by atoms with Crippen molar-refractivity contribution in [1.82, 2.24) is 20.0 Å². The molecule has 0 aliphatic rings. The third-order valence-electron chi connectivity index (χ3n) is 4.69. The SMILES string of the molecule is Cc1cc(-c2ccc(C(F)(F)F)nc2)cc(-c2nn(C(C)OC(=O)OCC(C)(C)C)nc2C#N)c1. The lowest BCUT2D eigenvalue weighted by molar-refractivity contribution is -0.141. The molecule has 1 atom stereocenters. The summed E-state index contributed by atoms with van der Waals surface area (Å²) in [5.74, 6) is 0. The van der Waals surface area contributed by atoms with Crippen molar-refractivity contribution in [2.45, 2.75) is 47.0 Å². The molecule has 3 rings (SSSR count). The molecule has 0 fully saturated rings. The van der Waals surface area contributed by atoms with E-state index in [2.05, 4.69) is 15.2 Å². The molecular weight excluding hydrogens is 463 g/mol. The lowest BCUT2D eigenvalue weighted by atomic mass is 9.99. The predicted octanol–water partition coefficient (Wildman–Crippen LogP) is 5.92. The molecule has 0 saturated heterocycles. The van der Waals surface area contributed by atoms with Crippen LogP contribution in [0, 0.1) is 23.7 Å². The predicted molar refractivity (Wildman–Crippen MR) is 120 cm³/mol. The minimum atomic E-state index is -4.53. The van der Waals surface area contributed by atoms with Crippen LogP contribution >= 0.6 is 0 Å². The zero-order valence-corrected chi connectivity index (χ0v) is 19.8. The van der Waals surface area contributed by atoms with Crippen LogP contribution in [-0.4, -0.2) is 32.7 Å². The van der Waals surface area contributed by atoms with Gasteiger partial charge in [-0.25, -0.2) is 4.79 Å². The molecule has 0 radical (unpaired) electrons. The molecule has 0 bridgehead atoms. The number of ether oxygens (including phenoxy) is 2. The maximum Gasteiger partial charge on any atom is 0.510 e. The molecule has 2 heterocycles. The van der Waals surface area contributed by atoms with Gasteiger partial charge in [0.25, 0.3) is 0 Å². The van der Waals surface area contributed by atoms with Crippen molar-refractivity contribution in [3.05, 3.63) is 53.5 Å². The van der Waals surface area contributed by atoms with Gasteiger partial charge < -0.3 is 9.47 Å². The number of rotatable bonds is 5.